The van der Waals surface area contributed by atoms with Crippen LogP contribution in [0.2, 0.25) is 0 Å². The fraction of sp³-hybridized carbons (Fsp3) is 0.0400. The van der Waals surface area contributed by atoms with Crippen molar-refractivity contribution in [1.82, 2.24) is 0 Å². The molecule has 5 rings (SSSR count). The number of aryl methyl sites for hydroxylation is 1. The number of hydrogen-bond donors (Lipinski definition) is 0. The van der Waals surface area contributed by atoms with Gasteiger partial charge in [-0.15, -0.1) is 0 Å². The van der Waals surface area contributed by atoms with Crippen molar-refractivity contribution in [3.05, 3.63) is 106 Å². The van der Waals surface area contributed by atoms with E-state index in [0.717, 1.165) is 17.7 Å². The van der Waals surface area contributed by atoms with E-state index in [2.05, 4.69) is 0 Å². The van der Waals surface area contributed by atoms with E-state index in [1.165, 1.54) is 12.1 Å². The van der Waals surface area contributed by atoms with Gasteiger partial charge in [-0.2, -0.15) is 0 Å². The number of rotatable bonds is 3. The lowest BCUT2D eigenvalue weighted by molar-refractivity contribution is 0.101. The predicted octanol–water partition coefficient (Wildman–Crippen LogP) is 6.02. The molecule has 0 radical (unpaired) electrons. The lowest BCUT2D eigenvalue weighted by Gasteiger charge is -2.05. The normalized spacial score (nSPS) is 11.3. The average Bonchev–Trinajstić information content (AvgIpc) is 3.16. The fourth-order valence-electron chi connectivity index (χ4n) is 3.77. The first kappa shape index (κ1) is 18.9. The highest BCUT2D eigenvalue weighted by Gasteiger charge is 2.26. The van der Waals surface area contributed by atoms with Gasteiger partial charge in [0.15, 0.2) is 17.4 Å². The number of carbonyl (C=O) groups excluding carboxylic acids is 1. The zero-order chi connectivity index (χ0) is 21.7. The molecule has 0 bridgehead atoms. The van der Waals surface area contributed by atoms with E-state index in [0.29, 0.717) is 33.1 Å². The van der Waals surface area contributed by atoms with Crippen molar-refractivity contribution in [3.8, 4) is 11.1 Å². The van der Waals surface area contributed by atoms with E-state index in [1.54, 1.807) is 43.3 Å². The van der Waals surface area contributed by atoms with E-state index in [4.69, 9.17) is 8.83 Å². The Kier molecular flexibility index (Phi) is 4.29. The second-order valence-electron chi connectivity index (χ2n) is 7.19. The molecular weight excluding hydrogens is 402 g/mol. The van der Waals surface area contributed by atoms with Crippen molar-refractivity contribution in [3.63, 3.8) is 0 Å². The molecule has 31 heavy (non-hydrogen) atoms. The SMILES string of the molecule is Cc1cc(=O)oc2c1ccc1oc(C(=O)c3ccc(F)c(F)c3)c(-c3ccccc3)c12. The quantitative estimate of drug-likeness (QED) is 0.266. The van der Waals surface area contributed by atoms with Crippen molar-refractivity contribution < 1.29 is 22.4 Å². The van der Waals surface area contributed by atoms with E-state index in [-0.39, 0.29) is 11.3 Å². The number of ketones is 1. The molecular formula is C25H14F2O4. The van der Waals surface area contributed by atoms with Crippen LogP contribution in [0.15, 0.2) is 80.4 Å². The summed E-state index contributed by atoms with van der Waals surface area (Å²) in [4.78, 5) is 25.4. The van der Waals surface area contributed by atoms with Gasteiger partial charge in [-0.3, -0.25) is 4.79 Å². The summed E-state index contributed by atoms with van der Waals surface area (Å²) >= 11 is 0. The Bertz CT molecular complexity index is 1550. The topological polar surface area (TPSA) is 60.4 Å². The molecule has 2 aromatic heterocycles. The van der Waals surface area contributed by atoms with Crippen LogP contribution in [0.4, 0.5) is 8.78 Å². The summed E-state index contributed by atoms with van der Waals surface area (Å²) in [6.45, 7) is 1.79. The molecule has 0 aliphatic rings. The molecule has 0 saturated heterocycles. The van der Waals surface area contributed by atoms with Crippen molar-refractivity contribution in [2.24, 2.45) is 0 Å². The molecule has 0 fully saturated rings. The Morgan fingerprint density at radius 2 is 1.65 bits per heavy atom. The van der Waals surface area contributed by atoms with Gasteiger partial charge in [0, 0.05) is 22.6 Å². The summed E-state index contributed by atoms with van der Waals surface area (Å²) in [6.07, 6.45) is 0. The van der Waals surface area contributed by atoms with Gasteiger partial charge in [-0.05, 0) is 48.4 Å². The van der Waals surface area contributed by atoms with Gasteiger partial charge < -0.3 is 8.83 Å². The standard InChI is InChI=1S/C25H14F2O4/c1-13-11-20(28)31-24-16(13)8-10-19-22(24)21(14-5-3-2-4-6-14)25(30-19)23(29)15-7-9-17(26)18(27)12-15/h2-12H,1H3. The Balaban J connectivity index is 1.89. The molecule has 0 aliphatic carbocycles. The first-order valence-electron chi connectivity index (χ1n) is 9.49. The van der Waals surface area contributed by atoms with E-state index in [9.17, 15) is 18.4 Å². The van der Waals surface area contributed by atoms with Crippen LogP contribution in [0.5, 0.6) is 0 Å². The fourth-order valence-corrected chi connectivity index (χ4v) is 3.77. The number of halogens is 2. The molecule has 0 amide bonds. The van der Waals surface area contributed by atoms with Crippen molar-refractivity contribution in [1.29, 1.82) is 0 Å². The second-order valence-corrected chi connectivity index (χ2v) is 7.19. The third-order valence-corrected chi connectivity index (χ3v) is 5.22. The molecule has 0 atom stereocenters. The van der Waals surface area contributed by atoms with Crippen molar-refractivity contribution in [2.75, 3.05) is 0 Å². The second kappa shape index (κ2) is 7.02. The maximum Gasteiger partial charge on any atom is 0.336 e. The molecule has 0 aliphatic heterocycles. The average molecular weight is 416 g/mol. The van der Waals surface area contributed by atoms with Gasteiger partial charge in [-0.25, -0.2) is 13.6 Å². The first-order chi connectivity index (χ1) is 14.9. The molecule has 0 saturated carbocycles. The van der Waals surface area contributed by atoms with Gasteiger partial charge in [0.25, 0.3) is 0 Å². The third-order valence-electron chi connectivity index (χ3n) is 5.22. The smallest absolute Gasteiger partial charge is 0.336 e. The summed E-state index contributed by atoms with van der Waals surface area (Å²) < 4.78 is 38.6. The van der Waals surface area contributed by atoms with Gasteiger partial charge in [-0.1, -0.05) is 30.3 Å². The van der Waals surface area contributed by atoms with Gasteiger partial charge in [0.2, 0.25) is 5.78 Å². The van der Waals surface area contributed by atoms with Crippen LogP contribution in [-0.4, -0.2) is 5.78 Å². The highest BCUT2D eigenvalue weighted by Crippen LogP contribution is 2.40. The number of hydrogen-bond acceptors (Lipinski definition) is 4. The molecule has 6 heteroatoms. The molecule has 0 unspecified atom stereocenters. The Hall–Kier alpha value is -4.06. The predicted molar refractivity (Wildman–Crippen MR) is 112 cm³/mol. The minimum Gasteiger partial charge on any atom is -0.452 e. The van der Waals surface area contributed by atoms with E-state index in [1.807, 2.05) is 6.07 Å². The number of fused-ring (bicyclic) bond motifs is 3. The van der Waals surface area contributed by atoms with E-state index >= 15 is 0 Å². The van der Waals surface area contributed by atoms with Crippen LogP contribution < -0.4 is 5.63 Å². The lowest BCUT2D eigenvalue weighted by atomic mass is 9.96. The highest BCUT2D eigenvalue weighted by molar-refractivity contribution is 6.20. The van der Waals surface area contributed by atoms with Crippen LogP contribution >= 0.6 is 0 Å². The summed E-state index contributed by atoms with van der Waals surface area (Å²) in [7, 11) is 0. The lowest BCUT2D eigenvalue weighted by Crippen LogP contribution is -2.03. The summed E-state index contributed by atoms with van der Waals surface area (Å²) in [6, 6.07) is 16.8. The van der Waals surface area contributed by atoms with Crippen molar-refractivity contribution in [2.45, 2.75) is 6.92 Å². The zero-order valence-corrected chi connectivity index (χ0v) is 16.2. The van der Waals surface area contributed by atoms with Gasteiger partial charge in [0.05, 0.1) is 5.39 Å². The highest BCUT2D eigenvalue weighted by atomic mass is 19.2. The minimum absolute atomic E-state index is 0.0520. The number of carbonyl (C=O) groups is 1. The van der Waals surface area contributed by atoms with Gasteiger partial charge >= 0.3 is 5.63 Å². The summed E-state index contributed by atoms with van der Waals surface area (Å²) in [5.41, 5.74) is 1.86. The maximum absolute atomic E-state index is 13.8. The Morgan fingerprint density at radius 1 is 0.871 bits per heavy atom. The summed E-state index contributed by atoms with van der Waals surface area (Å²) in [5, 5.41) is 1.17. The van der Waals surface area contributed by atoms with Crippen LogP contribution in [0, 0.1) is 18.6 Å². The van der Waals surface area contributed by atoms with Crippen molar-refractivity contribution >= 4 is 27.7 Å². The number of benzene rings is 3. The minimum atomic E-state index is -1.13. The van der Waals surface area contributed by atoms with Gasteiger partial charge in [0.1, 0.15) is 11.2 Å². The molecule has 0 N–H and O–H groups in total. The molecule has 4 nitrogen and oxygen atoms in total. The molecule has 0 spiro atoms. The largest absolute Gasteiger partial charge is 0.452 e. The Labute approximate surface area is 174 Å². The zero-order valence-electron chi connectivity index (χ0n) is 16.2. The number of furan rings is 1. The van der Waals surface area contributed by atoms with E-state index < -0.39 is 23.0 Å². The summed E-state index contributed by atoms with van der Waals surface area (Å²) in [5.74, 6) is -2.84. The third kappa shape index (κ3) is 3.04. The van der Waals surface area contributed by atoms with Crippen LogP contribution in [-0.2, 0) is 0 Å². The molecule has 3 aromatic carbocycles. The maximum atomic E-state index is 13.8. The van der Waals surface area contributed by atoms with Crippen LogP contribution in [0.25, 0.3) is 33.1 Å². The first-order valence-corrected chi connectivity index (χ1v) is 9.49. The molecule has 5 aromatic rings. The van der Waals surface area contributed by atoms with Crippen LogP contribution in [0.3, 0.4) is 0 Å². The molecule has 152 valence electrons. The molecule has 2 heterocycles. The Morgan fingerprint density at radius 3 is 2.39 bits per heavy atom. The van der Waals surface area contributed by atoms with Crippen LogP contribution in [0.1, 0.15) is 21.7 Å². The monoisotopic (exact) mass is 416 g/mol.